The van der Waals surface area contributed by atoms with E-state index in [1.165, 1.54) is 0 Å². The average molecular weight is 449 g/mol. The molecule has 5 aromatic rings. The molecule has 1 heterocycles. The molecule has 0 aliphatic heterocycles. The molecule has 4 aromatic carbocycles. The van der Waals surface area contributed by atoms with E-state index in [1.54, 1.807) is 31.4 Å². The van der Waals surface area contributed by atoms with Gasteiger partial charge in [-0.15, -0.1) is 0 Å². The predicted molar refractivity (Wildman–Crippen MR) is 134 cm³/mol. The summed E-state index contributed by atoms with van der Waals surface area (Å²) in [6.07, 6.45) is 0. The molecule has 0 aliphatic carbocycles. The topological polar surface area (TPSA) is 67.5 Å². The fraction of sp³-hybridized carbons (Fsp3) is 0.0690. The first-order chi connectivity index (χ1) is 16.6. The zero-order valence-corrected chi connectivity index (χ0v) is 18.9. The van der Waals surface area contributed by atoms with Crippen molar-refractivity contribution in [1.29, 1.82) is 0 Å². The lowest BCUT2D eigenvalue weighted by molar-refractivity contribution is 0.415. The van der Waals surface area contributed by atoms with E-state index in [-0.39, 0.29) is 11.5 Å². The number of imidazole rings is 1. The Morgan fingerprint density at radius 1 is 0.706 bits per heavy atom. The average Bonchev–Trinajstić information content (AvgIpc) is 3.25. The van der Waals surface area contributed by atoms with Gasteiger partial charge in [0, 0.05) is 22.4 Å². The Kier molecular flexibility index (Phi) is 5.52. The molecule has 5 rings (SSSR count). The van der Waals surface area contributed by atoms with Gasteiger partial charge in [0.2, 0.25) is 0 Å². The molecule has 0 spiro atoms. The lowest BCUT2D eigenvalue weighted by Crippen LogP contribution is -2.00. The largest absolute Gasteiger partial charge is 0.507 e. The molecule has 0 saturated heterocycles. The zero-order valence-electron chi connectivity index (χ0n) is 18.9. The van der Waals surface area contributed by atoms with Gasteiger partial charge in [-0.25, -0.2) is 4.98 Å². The summed E-state index contributed by atoms with van der Waals surface area (Å²) in [5, 5.41) is 21.6. The summed E-state index contributed by atoms with van der Waals surface area (Å²) in [4.78, 5) is 5.03. The number of hydrogen-bond acceptors (Lipinski definition) is 4. The first kappa shape index (κ1) is 21.3. The Bertz CT molecular complexity index is 1450. The first-order valence-corrected chi connectivity index (χ1v) is 11.0. The number of benzene rings is 4. The fourth-order valence-corrected chi connectivity index (χ4v) is 4.08. The van der Waals surface area contributed by atoms with Crippen molar-refractivity contribution >= 4 is 0 Å². The molecule has 5 heteroatoms. The minimum atomic E-state index is 0.119. The molecular formula is C29H24N2O3. The van der Waals surface area contributed by atoms with Gasteiger partial charge in [-0.3, -0.25) is 4.57 Å². The number of phenolic OH excluding ortho intramolecular Hbond substituents is 2. The number of hydrogen-bond donors (Lipinski definition) is 2. The van der Waals surface area contributed by atoms with Gasteiger partial charge in [0.15, 0.2) is 0 Å². The Hall–Kier alpha value is -4.51. The highest BCUT2D eigenvalue weighted by atomic mass is 16.5. The van der Waals surface area contributed by atoms with Crippen molar-refractivity contribution in [3.8, 4) is 56.8 Å². The number of aromatic hydroxyl groups is 2. The summed E-state index contributed by atoms with van der Waals surface area (Å²) in [6, 6.07) is 30.1. The monoisotopic (exact) mass is 448 g/mol. The van der Waals surface area contributed by atoms with Gasteiger partial charge in [0.1, 0.15) is 28.8 Å². The third-order valence-electron chi connectivity index (χ3n) is 5.84. The minimum absolute atomic E-state index is 0.119. The highest BCUT2D eigenvalue weighted by Gasteiger charge is 2.25. The van der Waals surface area contributed by atoms with Crippen molar-refractivity contribution in [1.82, 2.24) is 9.55 Å². The molecular weight excluding hydrogens is 424 g/mol. The van der Waals surface area contributed by atoms with E-state index in [2.05, 4.69) is 0 Å². The summed E-state index contributed by atoms with van der Waals surface area (Å²) >= 11 is 0. The van der Waals surface area contributed by atoms with Crippen LogP contribution in [0, 0.1) is 6.92 Å². The van der Waals surface area contributed by atoms with Crippen molar-refractivity contribution in [3.05, 3.63) is 103 Å². The van der Waals surface area contributed by atoms with E-state index in [9.17, 15) is 10.2 Å². The fourth-order valence-electron chi connectivity index (χ4n) is 4.08. The van der Waals surface area contributed by atoms with Crippen LogP contribution in [0.4, 0.5) is 0 Å². The van der Waals surface area contributed by atoms with Crippen LogP contribution >= 0.6 is 0 Å². The SMILES string of the molecule is COc1ccc(-c2nc(-c3ccccc3O)c(-c3ccccc3O)n2-c2ccc(C)cc2)cc1. The summed E-state index contributed by atoms with van der Waals surface area (Å²) < 4.78 is 7.36. The number of nitrogens with zero attached hydrogens (tertiary/aromatic N) is 2. The quantitative estimate of drug-likeness (QED) is 0.318. The van der Waals surface area contributed by atoms with Crippen LogP contribution in [0.3, 0.4) is 0 Å². The molecule has 2 N–H and O–H groups in total. The van der Waals surface area contributed by atoms with E-state index >= 15 is 0 Å². The van der Waals surface area contributed by atoms with Crippen molar-refractivity contribution in [2.45, 2.75) is 6.92 Å². The first-order valence-electron chi connectivity index (χ1n) is 11.0. The molecule has 0 saturated carbocycles. The van der Waals surface area contributed by atoms with Crippen molar-refractivity contribution in [3.63, 3.8) is 0 Å². The molecule has 34 heavy (non-hydrogen) atoms. The summed E-state index contributed by atoms with van der Waals surface area (Å²) in [6.45, 7) is 2.04. The second-order valence-electron chi connectivity index (χ2n) is 8.07. The van der Waals surface area contributed by atoms with Gasteiger partial charge in [-0.05, 0) is 67.6 Å². The molecule has 5 nitrogen and oxygen atoms in total. The van der Waals surface area contributed by atoms with Gasteiger partial charge < -0.3 is 14.9 Å². The van der Waals surface area contributed by atoms with Gasteiger partial charge in [-0.1, -0.05) is 42.0 Å². The van der Waals surface area contributed by atoms with Crippen LogP contribution in [0.25, 0.3) is 39.6 Å². The molecule has 0 unspecified atom stereocenters. The van der Waals surface area contributed by atoms with Gasteiger partial charge in [0.05, 0.1) is 12.8 Å². The van der Waals surface area contributed by atoms with E-state index in [0.717, 1.165) is 22.6 Å². The van der Waals surface area contributed by atoms with Crippen LogP contribution in [-0.2, 0) is 0 Å². The molecule has 0 fully saturated rings. The van der Waals surface area contributed by atoms with E-state index < -0.39 is 0 Å². The number of rotatable bonds is 5. The second-order valence-corrected chi connectivity index (χ2v) is 8.07. The maximum Gasteiger partial charge on any atom is 0.145 e. The normalized spacial score (nSPS) is 10.9. The van der Waals surface area contributed by atoms with E-state index in [4.69, 9.17) is 9.72 Å². The minimum Gasteiger partial charge on any atom is -0.507 e. The third-order valence-corrected chi connectivity index (χ3v) is 5.84. The number of aryl methyl sites for hydroxylation is 1. The third kappa shape index (κ3) is 3.77. The number of aromatic nitrogens is 2. The number of methoxy groups -OCH3 is 1. The lowest BCUT2D eigenvalue weighted by atomic mass is 10.0. The van der Waals surface area contributed by atoms with Crippen LogP contribution in [0.2, 0.25) is 0 Å². The maximum absolute atomic E-state index is 10.8. The molecule has 0 bridgehead atoms. The number of phenols is 2. The molecule has 0 amide bonds. The lowest BCUT2D eigenvalue weighted by Gasteiger charge is -2.15. The Balaban J connectivity index is 1.90. The van der Waals surface area contributed by atoms with Crippen molar-refractivity contribution in [2.75, 3.05) is 7.11 Å². The van der Waals surface area contributed by atoms with Crippen LogP contribution in [-0.4, -0.2) is 26.9 Å². The molecule has 1 aromatic heterocycles. The highest BCUT2D eigenvalue weighted by Crippen LogP contribution is 2.43. The second kappa shape index (κ2) is 8.79. The Labute approximate surface area is 198 Å². The predicted octanol–water partition coefficient (Wildman–Crippen LogP) is 6.60. The molecule has 0 atom stereocenters. The molecule has 0 aliphatic rings. The van der Waals surface area contributed by atoms with Crippen LogP contribution < -0.4 is 4.74 Å². The number of ether oxygens (including phenoxy) is 1. The van der Waals surface area contributed by atoms with Gasteiger partial charge >= 0.3 is 0 Å². The maximum atomic E-state index is 10.8. The summed E-state index contributed by atoms with van der Waals surface area (Å²) in [5.41, 5.74) is 5.37. The van der Waals surface area contributed by atoms with Gasteiger partial charge in [-0.2, -0.15) is 0 Å². The Morgan fingerprint density at radius 3 is 1.88 bits per heavy atom. The van der Waals surface area contributed by atoms with Crippen LogP contribution in [0.15, 0.2) is 97.1 Å². The Morgan fingerprint density at radius 2 is 1.29 bits per heavy atom. The standard InChI is InChI=1S/C29H24N2O3/c1-19-11-15-21(16-12-19)31-28(24-8-4-6-10-26(24)33)27(23-7-3-5-9-25(23)32)30-29(31)20-13-17-22(34-2)18-14-20/h3-18,32-33H,1-2H3. The summed E-state index contributed by atoms with van der Waals surface area (Å²) in [7, 11) is 1.63. The van der Waals surface area contributed by atoms with Crippen molar-refractivity contribution in [2.24, 2.45) is 0 Å². The summed E-state index contributed by atoms with van der Waals surface area (Å²) in [5.74, 6) is 1.68. The molecule has 0 radical (unpaired) electrons. The van der Waals surface area contributed by atoms with Gasteiger partial charge in [0.25, 0.3) is 0 Å². The zero-order chi connectivity index (χ0) is 23.7. The van der Waals surface area contributed by atoms with E-state index in [1.807, 2.05) is 84.3 Å². The van der Waals surface area contributed by atoms with Crippen molar-refractivity contribution < 1.29 is 14.9 Å². The highest BCUT2D eigenvalue weighted by molar-refractivity contribution is 5.88. The van der Waals surface area contributed by atoms with E-state index in [0.29, 0.717) is 28.3 Å². The smallest absolute Gasteiger partial charge is 0.145 e. The van der Waals surface area contributed by atoms with Crippen LogP contribution in [0.5, 0.6) is 17.2 Å². The number of para-hydroxylation sites is 2. The molecule has 168 valence electrons. The van der Waals surface area contributed by atoms with Crippen LogP contribution in [0.1, 0.15) is 5.56 Å².